The highest BCUT2D eigenvalue weighted by Gasteiger charge is 2.15. The number of alkyl halides is 2. The van der Waals surface area contributed by atoms with Crippen molar-refractivity contribution in [1.82, 2.24) is 15.5 Å². The molecule has 0 radical (unpaired) electrons. The molecule has 2 amide bonds. The number of hydrogen-bond donors (Lipinski definition) is 2. The maximum Gasteiger partial charge on any atom is 0.387 e. The van der Waals surface area contributed by atoms with Crippen molar-refractivity contribution in [3.63, 3.8) is 0 Å². The van der Waals surface area contributed by atoms with Crippen LogP contribution in [-0.4, -0.2) is 37.2 Å². The summed E-state index contributed by atoms with van der Waals surface area (Å²) in [5, 5.41) is 5.48. The second-order valence-electron chi connectivity index (χ2n) is 6.39. The number of carbonyl (C=O) groups excluding carboxylic acids is 1. The lowest BCUT2D eigenvalue weighted by molar-refractivity contribution is -0.0504. The molecule has 3 rings (SSSR count). The minimum absolute atomic E-state index is 0.0692. The fourth-order valence-corrected chi connectivity index (χ4v) is 3.17. The second kappa shape index (κ2) is 9.32. The lowest BCUT2D eigenvalue weighted by atomic mass is 10.00. The first-order valence-electron chi connectivity index (χ1n) is 8.95. The van der Waals surface area contributed by atoms with Crippen LogP contribution in [0, 0.1) is 0 Å². The summed E-state index contributed by atoms with van der Waals surface area (Å²) in [5.41, 5.74) is 3.23. The van der Waals surface area contributed by atoms with Gasteiger partial charge >= 0.3 is 12.6 Å². The fourth-order valence-electron chi connectivity index (χ4n) is 3.17. The molecule has 0 saturated carbocycles. The van der Waals surface area contributed by atoms with Gasteiger partial charge in [-0.25, -0.2) is 4.79 Å². The van der Waals surface area contributed by atoms with E-state index in [4.69, 9.17) is 0 Å². The zero-order valence-electron chi connectivity index (χ0n) is 15.0. The highest BCUT2D eigenvalue weighted by Crippen LogP contribution is 2.20. The van der Waals surface area contributed by atoms with Crippen molar-refractivity contribution in [2.24, 2.45) is 0 Å². The van der Waals surface area contributed by atoms with Crippen molar-refractivity contribution in [3.05, 3.63) is 65.2 Å². The normalized spacial score (nSPS) is 13.9. The van der Waals surface area contributed by atoms with Gasteiger partial charge in [0.1, 0.15) is 5.75 Å². The monoisotopic (exact) mass is 375 g/mol. The number of hydrogen-bond acceptors (Lipinski definition) is 3. The predicted molar refractivity (Wildman–Crippen MR) is 98.7 cm³/mol. The zero-order valence-corrected chi connectivity index (χ0v) is 15.0. The Bertz CT molecular complexity index is 770. The van der Waals surface area contributed by atoms with Gasteiger partial charge in [-0.05, 0) is 23.6 Å². The summed E-state index contributed by atoms with van der Waals surface area (Å²) in [6.45, 7) is 0.354. The fraction of sp³-hybridized carbons (Fsp3) is 0.350. The van der Waals surface area contributed by atoms with E-state index in [0.29, 0.717) is 12.1 Å². The molecule has 0 saturated heterocycles. The van der Waals surface area contributed by atoms with E-state index in [2.05, 4.69) is 38.5 Å². The number of nitrogens with one attached hydrogen (secondary N) is 2. The highest BCUT2D eigenvalue weighted by molar-refractivity contribution is 5.73. The number of carbonyl (C=O) groups is 1. The van der Waals surface area contributed by atoms with E-state index in [-0.39, 0.29) is 18.3 Å². The molecule has 1 aliphatic rings. The molecule has 1 aliphatic heterocycles. The van der Waals surface area contributed by atoms with Crippen molar-refractivity contribution < 1.29 is 18.3 Å². The van der Waals surface area contributed by atoms with E-state index >= 15 is 0 Å². The number of urea groups is 1. The van der Waals surface area contributed by atoms with Crippen LogP contribution in [0.1, 0.15) is 16.7 Å². The Kier molecular flexibility index (Phi) is 6.59. The first-order chi connectivity index (χ1) is 13.1. The topological polar surface area (TPSA) is 53.6 Å². The summed E-state index contributed by atoms with van der Waals surface area (Å²) in [6, 6.07) is 14.5. The van der Waals surface area contributed by atoms with E-state index in [9.17, 15) is 13.6 Å². The SMILES string of the molecule is O=C(NCCN1CCc2ccccc2C1)NCc1ccccc1OC(F)F. The van der Waals surface area contributed by atoms with E-state index in [0.717, 1.165) is 26.1 Å². The first kappa shape index (κ1) is 19.1. The number of ether oxygens (including phenoxy) is 1. The number of rotatable bonds is 7. The molecular weight excluding hydrogens is 352 g/mol. The minimum atomic E-state index is -2.89. The van der Waals surface area contributed by atoms with Crippen LogP contribution in [-0.2, 0) is 19.5 Å². The molecule has 2 aromatic rings. The molecule has 0 fully saturated rings. The first-order valence-corrected chi connectivity index (χ1v) is 8.95. The smallest absolute Gasteiger partial charge is 0.387 e. The molecule has 27 heavy (non-hydrogen) atoms. The molecule has 0 aromatic heterocycles. The lowest BCUT2D eigenvalue weighted by Crippen LogP contribution is -2.41. The van der Waals surface area contributed by atoms with Crippen molar-refractivity contribution >= 4 is 6.03 Å². The molecule has 0 spiro atoms. The molecule has 2 N–H and O–H groups in total. The van der Waals surface area contributed by atoms with Gasteiger partial charge in [0, 0.05) is 38.3 Å². The lowest BCUT2D eigenvalue weighted by Gasteiger charge is -2.28. The Morgan fingerprint density at radius 3 is 2.63 bits per heavy atom. The van der Waals surface area contributed by atoms with Crippen molar-refractivity contribution in [1.29, 1.82) is 0 Å². The van der Waals surface area contributed by atoms with Crippen LogP contribution in [0.4, 0.5) is 13.6 Å². The average molecular weight is 375 g/mol. The van der Waals surface area contributed by atoms with E-state index < -0.39 is 6.61 Å². The Hall–Kier alpha value is -2.67. The van der Waals surface area contributed by atoms with Gasteiger partial charge in [0.25, 0.3) is 0 Å². The molecule has 0 aliphatic carbocycles. The van der Waals surface area contributed by atoms with Gasteiger partial charge in [-0.2, -0.15) is 8.78 Å². The van der Waals surface area contributed by atoms with E-state index in [1.807, 2.05) is 6.07 Å². The molecule has 0 unspecified atom stereocenters. The van der Waals surface area contributed by atoms with Crippen LogP contribution in [0.2, 0.25) is 0 Å². The van der Waals surface area contributed by atoms with Gasteiger partial charge in [-0.1, -0.05) is 42.5 Å². The Morgan fingerprint density at radius 1 is 1.07 bits per heavy atom. The van der Waals surface area contributed by atoms with Crippen LogP contribution in [0.25, 0.3) is 0 Å². The molecule has 1 heterocycles. The molecule has 0 bridgehead atoms. The quantitative estimate of drug-likeness (QED) is 0.782. The summed E-state index contributed by atoms with van der Waals surface area (Å²) < 4.78 is 29.3. The van der Waals surface area contributed by atoms with Crippen LogP contribution < -0.4 is 15.4 Å². The second-order valence-corrected chi connectivity index (χ2v) is 6.39. The molecular formula is C20H23F2N3O2. The Balaban J connectivity index is 1.40. The molecule has 144 valence electrons. The number of benzene rings is 2. The highest BCUT2D eigenvalue weighted by atomic mass is 19.3. The summed E-state index contributed by atoms with van der Waals surface area (Å²) in [7, 11) is 0. The Morgan fingerprint density at radius 2 is 1.81 bits per heavy atom. The maximum absolute atomic E-state index is 12.4. The standard InChI is InChI=1S/C20H23F2N3O2/c21-19(22)27-18-8-4-3-6-16(18)13-24-20(26)23-10-12-25-11-9-15-5-1-2-7-17(15)14-25/h1-8,19H,9-14H2,(H2,23,24,26). The van der Waals surface area contributed by atoms with Crippen LogP contribution in [0.3, 0.4) is 0 Å². The third-order valence-electron chi connectivity index (χ3n) is 4.55. The van der Waals surface area contributed by atoms with Gasteiger partial charge < -0.3 is 15.4 Å². The van der Waals surface area contributed by atoms with E-state index in [1.165, 1.54) is 17.2 Å². The molecule has 0 atom stereocenters. The average Bonchev–Trinajstić information content (AvgIpc) is 2.67. The molecule has 5 nitrogen and oxygen atoms in total. The maximum atomic E-state index is 12.4. The van der Waals surface area contributed by atoms with Crippen LogP contribution in [0.15, 0.2) is 48.5 Å². The summed E-state index contributed by atoms with van der Waals surface area (Å²) >= 11 is 0. The summed E-state index contributed by atoms with van der Waals surface area (Å²) in [6.07, 6.45) is 1.02. The van der Waals surface area contributed by atoms with Gasteiger partial charge in [0.15, 0.2) is 0 Å². The van der Waals surface area contributed by atoms with Crippen molar-refractivity contribution in [2.45, 2.75) is 26.1 Å². The predicted octanol–water partition coefficient (Wildman–Crippen LogP) is 3.15. The van der Waals surface area contributed by atoms with Gasteiger partial charge in [-0.3, -0.25) is 4.90 Å². The van der Waals surface area contributed by atoms with E-state index in [1.54, 1.807) is 18.2 Å². The van der Waals surface area contributed by atoms with Crippen LogP contribution in [0.5, 0.6) is 5.75 Å². The number of nitrogens with zero attached hydrogens (tertiary/aromatic N) is 1. The summed E-state index contributed by atoms with van der Waals surface area (Å²) in [4.78, 5) is 14.3. The number of para-hydroxylation sites is 1. The largest absolute Gasteiger partial charge is 0.434 e. The third kappa shape index (κ3) is 5.65. The van der Waals surface area contributed by atoms with Gasteiger partial charge in [0.05, 0.1) is 0 Å². The number of fused-ring (bicyclic) bond motifs is 1. The van der Waals surface area contributed by atoms with Gasteiger partial charge in [-0.15, -0.1) is 0 Å². The summed E-state index contributed by atoms with van der Waals surface area (Å²) in [5.74, 6) is 0.0692. The Labute approximate surface area is 157 Å². The van der Waals surface area contributed by atoms with Crippen LogP contribution >= 0.6 is 0 Å². The van der Waals surface area contributed by atoms with Crippen molar-refractivity contribution in [2.75, 3.05) is 19.6 Å². The van der Waals surface area contributed by atoms with Crippen molar-refractivity contribution in [3.8, 4) is 5.75 Å². The van der Waals surface area contributed by atoms with Gasteiger partial charge in [0.2, 0.25) is 0 Å². The molecule has 7 heteroatoms. The number of amides is 2. The number of halogens is 2. The third-order valence-corrected chi connectivity index (χ3v) is 4.55. The minimum Gasteiger partial charge on any atom is -0.434 e. The molecule has 2 aromatic carbocycles. The zero-order chi connectivity index (χ0) is 19.1.